The van der Waals surface area contributed by atoms with E-state index in [2.05, 4.69) is 42.3 Å². The molecule has 0 aromatic heterocycles. The molecule has 2 aromatic rings. The van der Waals surface area contributed by atoms with Crippen LogP contribution in [0.1, 0.15) is 56.2 Å². The molecule has 0 spiro atoms. The minimum Gasteiger partial charge on any atom is -0.356 e. The van der Waals surface area contributed by atoms with Gasteiger partial charge in [0, 0.05) is 23.3 Å². The van der Waals surface area contributed by atoms with Gasteiger partial charge < -0.3 is 10.2 Å². The molecule has 3 rings (SSSR count). The van der Waals surface area contributed by atoms with Crippen molar-refractivity contribution in [3.8, 4) is 0 Å². The van der Waals surface area contributed by atoms with Gasteiger partial charge in [-0.15, -0.1) is 0 Å². The molecule has 0 aliphatic heterocycles. The van der Waals surface area contributed by atoms with Crippen LogP contribution in [0.25, 0.3) is 0 Å². The van der Waals surface area contributed by atoms with E-state index in [4.69, 9.17) is 11.6 Å². The quantitative estimate of drug-likeness (QED) is 0.696. The molecule has 0 bridgehead atoms. The largest absolute Gasteiger partial charge is 0.356 e. The third-order valence-corrected chi connectivity index (χ3v) is 5.62. The van der Waals surface area contributed by atoms with Crippen molar-refractivity contribution in [3.63, 3.8) is 0 Å². The molecule has 0 saturated heterocycles. The minimum atomic E-state index is -0.365. The lowest BCUT2D eigenvalue weighted by Crippen LogP contribution is -2.45. The number of halogens is 1. The summed E-state index contributed by atoms with van der Waals surface area (Å²) in [7, 11) is 0. The van der Waals surface area contributed by atoms with Crippen molar-refractivity contribution >= 4 is 23.2 Å². The van der Waals surface area contributed by atoms with Crippen LogP contribution in [0.4, 0.5) is 5.69 Å². The van der Waals surface area contributed by atoms with Crippen LogP contribution < -0.4 is 10.2 Å². The summed E-state index contributed by atoms with van der Waals surface area (Å²) in [4.78, 5) is 15.5. The Morgan fingerprint density at radius 3 is 2.48 bits per heavy atom. The van der Waals surface area contributed by atoms with Crippen molar-refractivity contribution in [3.05, 3.63) is 64.7 Å². The molecule has 1 aliphatic carbocycles. The Labute approximate surface area is 167 Å². The van der Waals surface area contributed by atoms with E-state index in [1.165, 1.54) is 24.8 Å². The zero-order valence-corrected chi connectivity index (χ0v) is 17.0. The van der Waals surface area contributed by atoms with Gasteiger partial charge in [0.1, 0.15) is 6.04 Å². The highest BCUT2D eigenvalue weighted by Gasteiger charge is 2.29. The van der Waals surface area contributed by atoms with Gasteiger partial charge >= 0.3 is 0 Å². The normalized spacial score (nSPS) is 16.0. The van der Waals surface area contributed by atoms with Crippen LogP contribution >= 0.6 is 11.6 Å². The van der Waals surface area contributed by atoms with E-state index in [1.54, 1.807) is 0 Å². The smallest absolute Gasteiger partial charge is 0.247 e. The average molecular weight is 385 g/mol. The van der Waals surface area contributed by atoms with E-state index in [-0.39, 0.29) is 18.0 Å². The third-order valence-electron chi connectivity index (χ3n) is 5.37. The zero-order valence-electron chi connectivity index (χ0n) is 16.2. The number of likely N-dealkylation sites (N-methyl/N-ethyl adjacent to an activating group) is 1. The summed E-state index contributed by atoms with van der Waals surface area (Å²) in [5, 5.41) is 4.00. The first-order chi connectivity index (χ1) is 13.1. The van der Waals surface area contributed by atoms with Gasteiger partial charge in [-0.25, -0.2) is 0 Å². The number of hydrogen-bond acceptors (Lipinski definition) is 2. The van der Waals surface area contributed by atoms with Crippen LogP contribution in [-0.2, 0) is 4.79 Å². The second kappa shape index (κ2) is 9.27. The number of anilines is 1. The zero-order chi connectivity index (χ0) is 19.2. The lowest BCUT2D eigenvalue weighted by atomic mass is 9.94. The van der Waals surface area contributed by atoms with Crippen LogP contribution in [0, 0.1) is 6.92 Å². The maximum atomic E-state index is 13.4. The monoisotopic (exact) mass is 384 g/mol. The maximum absolute atomic E-state index is 13.4. The maximum Gasteiger partial charge on any atom is 0.247 e. The summed E-state index contributed by atoms with van der Waals surface area (Å²) >= 11 is 6.09. The predicted octanol–water partition coefficient (Wildman–Crippen LogP) is 5.66. The standard InChI is InChI=1S/C23H29ClN2O/c1-3-26(21-11-7-8-17(2)16-21)22(18-12-14-19(24)15-13-18)23(27)25-20-9-5-4-6-10-20/h7-8,11-16,20,22H,3-6,9-10H2,1-2H3,(H,25,27)/t22-/m1/s1. The van der Waals surface area contributed by atoms with Crippen LogP contribution in [-0.4, -0.2) is 18.5 Å². The van der Waals surface area contributed by atoms with Crippen molar-refractivity contribution in [2.75, 3.05) is 11.4 Å². The summed E-state index contributed by atoms with van der Waals surface area (Å²) in [6, 6.07) is 15.9. The van der Waals surface area contributed by atoms with Gasteiger partial charge in [-0.2, -0.15) is 0 Å². The molecular weight excluding hydrogens is 356 g/mol. The van der Waals surface area contributed by atoms with Gasteiger partial charge in [0.15, 0.2) is 0 Å². The molecule has 0 unspecified atom stereocenters. The number of hydrogen-bond donors (Lipinski definition) is 1. The second-order valence-corrected chi connectivity index (χ2v) is 7.86. The first-order valence-corrected chi connectivity index (χ1v) is 10.4. The lowest BCUT2D eigenvalue weighted by Gasteiger charge is -2.34. The van der Waals surface area contributed by atoms with Crippen molar-refractivity contribution in [1.29, 1.82) is 0 Å². The van der Waals surface area contributed by atoms with E-state index in [0.29, 0.717) is 5.02 Å². The molecule has 0 radical (unpaired) electrons. The van der Waals surface area contributed by atoms with Crippen LogP contribution in [0.15, 0.2) is 48.5 Å². The summed E-state index contributed by atoms with van der Waals surface area (Å²) in [5.41, 5.74) is 3.22. The highest BCUT2D eigenvalue weighted by atomic mass is 35.5. The highest BCUT2D eigenvalue weighted by Crippen LogP contribution is 2.29. The van der Waals surface area contributed by atoms with Crippen molar-refractivity contribution < 1.29 is 4.79 Å². The first-order valence-electron chi connectivity index (χ1n) is 9.97. The minimum absolute atomic E-state index is 0.0765. The number of aryl methyl sites for hydroxylation is 1. The third kappa shape index (κ3) is 5.04. The van der Waals surface area contributed by atoms with Gasteiger partial charge in [0.2, 0.25) is 5.91 Å². The number of carbonyl (C=O) groups is 1. The summed E-state index contributed by atoms with van der Waals surface area (Å²) in [6.07, 6.45) is 5.83. The molecule has 2 aromatic carbocycles. The van der Waals surface area contributed by atoms with Crippen molar-refractivity contribution in [2.45, 2.75) is 58.0 Å². The molecule has 1 saturated carbocycles. The molecule has 1 fully saturated rings. The van der Waals surface area contributed by atoms with Crippen molar-refractivity contribution in [1.82, 2.24) is 5.32 Å². The number of benzene rings is 2. The number of carbonyl (C=O) groups excluding carboxylic acids is 1. The van der Waals surface area contributed by atoms with Gasteiger partial charge in [-0.05, 0) is 62.1 Å². The Balaban J connectivity index is 1.92. The molecule has 1 atom stereocenters. The number of amides is 1. The van der Waals surface area contributed by atoms with Crippen LogP contribution in [0.2, 0.25) is 5.02 Å². The summed E-state index contributed by atoms with van der Waals surface area (Å²) in [6.45, 7) is 4.92. The Morgan fingerprint density at radius 2 is 1.85 bits per heavy atom. The Kier molecular flexibility index (Phi) is 6.78. The van der Waals surface area contributed by atoms with Crippen LogP contribution in [0.3, 0.4) is 0 Å². The lowest BCUT2D eigenvalue weighted by molar-refractivity contribution is -0.123. The Hall–Kier alpha value is -2.00. The SMILES string of the molecule is CCN(c1cccc(C)c1)[C@@H](C(=O)NC1CCCCC1)c1ccc(Cl)cc1. The van der Waals surface area contributed by atoms with E-state index in [0.717, 1.165) is 30.6 Å². The summed E-state index contributed by atoms with van der Waals surface area (Å²) < 4.78 is 0. The number of nitrogens with zero attached hydrogens (tertiary/aromatic N) is 1. The first kappa shape index (κ1) is 19.8. The van der Waals surface area contributed by atoms with E-state index >= 15 is 0 Å². The Bertz CT molecular complexity index is 753. The van der Waals surface area contributed by atoms with Crippen molar-refractivity contribution in [2.24, 2.45) is 0 Å². The molecule has 27 heavy (non-hydrogen) atoms. The van der Waals surface area contributed by atoms with Gasteiger partial charge in [0.25, 0.3) is 0 Å². The second-order valence-electron chi connectivity index (χ2n) is 7.42. The summed E-state index contributed by atoms with van der Waals surface area (Å²) in [5.74, 6) is 0.0765. The topological polar surface area (TPSA) is 32.3 Å². The molecule has 4 heteroatoms. The Morgan fingerprint density at radius 1 is 1.15 bits per heavy atom. The fourth-order valence-electron chi connectivity index (χ4n) is 3.97. The van der Waals surface area contributed by atoms with Gasteiger partial charge in [-0.3, -0.25) is 4.79 Å². The molecular formula is C23H29ClN2O. The van der Waals surface area contributed by atoms with Gasteiger partial charge in [-0.1, -0.05) is 55.1 Å². The molecule has 1 amide bonds. The van der Waals surface area contributed by atoms with E-state index in [1.807, 2.05) is 30.3 Å². The molecule has 3 nitrogen and oxygen atoms in total. The number of rotatable bonds is 6. The highest BCUT2D eigenvalue weighted by molar-refractivity contribution is 6.30. The molecule has 0 heterocycles. The van der Waals surface area contributed by atoms with E-state index in [9.17, 15) is 4.79 Å². The fraction of sp³-hybridized carbons (Fsp3) is 0.435. The average Bonchev–Trinajstić information content (AvgIpc) is 2.67. The van der Waals surface area contributed by atoms with Crippen LogP contribution in [0.5, 0.6) is 0 Å². The molecule has 1 aliphatic rings. The number of nitrogens with one attached hydrogen (secondary N) is 1. The molecule has 1 N–H and O–H groups in total. The van der Waals surface area contributed by atoms with E-state index < -0.39 is 0 Å². The fourth-order valence-corrected chi connectivity index (χ4v) is 4.09. The predicted molar refractivity (Wildman–Crippen MR) is 113 cm³/mol. The molecule has 144 valence electrons. The van der Waals surface area contributed by atoms with Gasteiger partial charge in [0.05, 0.1) is 0 Å².